The molecule has 0 aliphatic carbocycles. The summed E-state index contributed by atoms with van der Waals surface area (Å²) in [5.41, 5.74) is 3.17. The summed E-state index contributed by atoms with van der Waals surface area (Å²) in [6.45, 7) is 12.7. The second kappa shape index (κ2) is 6.22. The number of allylic oxidation sites excluding steroid dienone is 3. The second-order valence-corrected chi connectivity index (χ2v) is 6.95. The number of hydrogen-bond donors (Lipinski definition) is 2. The molecule has 0 aliphatic rings. The van der Waals surface area contributed by atoms with Crippen LogP contribution >= 0.6 is 0 Å². The summed E-state index contributed by atoms with van der Waals surface area (Å²) in [5.74, 6) is 0. The Hall–Kier alpha value is -2.29. The van der Waals surface area contributed by atoms with Crippen LogP contribution in [0.25, 0.3) is 10.8 Å². The number of H-pyrrole nitrogens is 1. The van der Waals surface area contributed by atoms with E-state index in [9.17, 15) is 4.79 Å². The predicted molar refractivity (Wildman–Crippen MR) is 95.2 cm³/mol. The Kier molecular flexibility index (Phi) is 4.55. The lowest BCUT2D eigenvalue weighted by molar-refractivity contribution is 0.413. The summed E-state index contributed by atoms with van der Waals surface area (Å²) >= 11 is 0. The number of pyridine rings is 1. The first-order valence-corrected chi connectivity index (χ1v) is 7.49. The number of fused-ring (bicyclic) bond motifs is 1. The second-order valence-electron chi connectivity index (χ2n) is 6.95. The highest BCUT2D eigenvalue weighted by Crippen LogP contribution is 2.26. The van der Waals surface area contributed by atoms with Gasteiger partial charge in [0.25, 0.3) is 0 Å². The number of nitrogens with one attached hydrogen (secondary N) is 2. The molecular weight excluding hydrogens is 272 g/mol. The Morgan fingerprint density at radius 1 is 1.36 bits per heavy atom. The highest BCUT2D eigenvalue weighted by Gasteiger charge is 2.11. The molecule has 3 heteroatoms. The lowest BCUT2D eigenvalue weighted by Crippen LogP contribution is -2.06. The molecule has 0 bridgehead atoms. The van der Waals surface area contributed by atoms with Gasteiger partial charge in [-0.3, -0.25) is 4.79 Å². The Balaban J connectivity index is 2.25. The van der Waals surface area contributed by atoms with Gasteiger partial charge >= 0.3 is 0 Å². The minimum Gasteiger partial charge on any atom is -0.359 e. The largest absolute Gasteiger partial charge is 0.359 e. The molecule has 0 aliphatic heterocycles. The van der Waals surface area contributed by atoms with Crippen molar-refractivity contribution in [3.8, 4) is 0 Å². The topological polar surface area (TPSA) is 44.9 Å². The van der Waals surface area contributed by atoms with E-state index < -0.39 is 0 Å². The van der Waals surface area contributed by atoms with E-state index in [0.717, 1.165) is 34.2 Å². The van der Waals surface area contributed by atoms with Crippen LogP contribution in [0, 0.1) is 5.41 Å². The molecule has 3 nitrogen and oxygen atoms in total. The maximum absolute atomic E-state index is 11.5. The van der Waals surface area contributed by atoms with Gasteiger partial charge in [0.2, 0.25) is 5.56 Å². The molecule has 0 saturated heterocycles. The van der Waals surface area contributed by atoms with Gasteiger partial charge in [0.1, 0.15) is 0 Å². The molecule has 0 atom stereocenters. The molecule has 1 aromatic carbocycles. The van der Waals surface area contributed by atoms with Crippen LogP contribution in [-0.4, -0.2) is 4.98 Å². The van der Waals surface area contributed by atoms with E-state index in [4.69, 9.17) is 0 Å². The van der Waals surface area contributed by atoms with Crippen molar-refractivity contribution in [2.75, 3.05) is 5.32 Å². The number of anilines is 1. The van der Waals surface area contributed by atoms with Crippen LogP contribution in [-0.2, 0) is 0 Å². The zero-order chi connectivity index (χ0) is 16.3. The lowest BCUT2D eigenvalue weighted by Gasteiger charge is -2.18. The molecule has 22 heavy (non-hydrogen) atoms. The molecule has 0 amide bonds. The van der Waals surface area contributed by atoms with Crippen molar-refractivity contribution in [2.45, 2.75) is 34.1 Å². The van der Waals surface area contributed by atoms with Crippen molar-refractivity contribution in [1.29, 1.82) is 0 Å². The first-order valence-electron chi connectivity index (χ1n) is 7.49. The molecule has 2 aromatic rings. The van der Waals surface area contributed by atoms with Crippen molar-refractivity contribution >= 4 is 16.5 Å². The molecule has 2 N–H and O–H groups in total. The van der Waals surface area contributed by atoms with Crippen molar-refractivity contribution in [2.24, 2.45) is 5.41 Å². The van der Waals surface area contributed by atoms with E-state index >= 15 is 0 Å². The Morgan fingerprint density at radius 2 is 2.09 bits per heavy atom. The summed E-state index contributed by atoms with van der Waals surface area (Å²) in [7, 11) is 0. The van der Waals surface area contributed by atoms with Gasteiger partial charge in [0, 0.05) is 34.4 Å². The maximum atomic E-state index is 11.5. The maximum Gasteiger partial charge on any atom is 0.248 e. The monoisotopic (exact) mass is 296 g/mol. The fraction of sp³-hybridized carbons (Fsp3) is 0.316. The average molecular weight is 296 g/mol. The van der Waals surface area contributed by atoms with Gasteiger partial charge < -0.3 is 10.3 Å². The van der Waals surface area contributed by atoms with E-state index in [-0.39, 0.29) is 11.0 Å². The van der Waals surface area contributed by atoms with Crippen LogP contribution in [0.1, 0.15) is 34.1 Å². The Labute approximate surface area is 131 Å². The number of aromatic amines is 1. The number of rotatable bonds is 4. The molecule has 1 aromatic heterocycles. The average Bonchev–Trinajstić information content (AvgIpc) is 2.37. The summed E-state index contributed by atoms with van der Waals surface area (Å²) < 4.78 is 0. The van der Waals surface area contributed by atoms with Crippen LogP contribution in [0.15, 0.2) is 59.2 Å². The van der Waals surface area contributed by atoms with Crippen molar-refractivity contribution in [3.63, 3.8) is 0 Å². The predicted octanol–water partition coefficient (Wildman–Crippen LogP) is 4.84. The molecule has 0 spiro atoms. The van der Waals surface area contributed by atoms with Gasteiger partial charge in [0.15, 0.2) is 0 Å². The third-order valence-corrected chi connectivity index (χ3v) is 3.30. The zero-order valence-corrected chi connectivity index (χ0v) is 13.8. The molecule has 0 fully saturated rings. The van der Waals surface area contributed by atoms with Gasteiger partial charge in [-0.05, 0) is 30.9 Å². The highest BCUT2D eigenvalue weighted by molar-refractivity contribution is 5.93. The minimum atomic E-state index is -0.0967. The van der Waals surface area contributed by atoms with Gasteiger partial charge in [-0.25, -0.2) is 0 Å². The van der Waals surface area contributed by atoms with Crippen LogP contribution in [0.4, 0.5) is 5.69 Å². The fourth-order valence-corrected chi connectivity index (χ4v) is 2.59. The molecule has 116 valence electrons. The molecule has 2 rings (SSSR count). The fourth-order valence-electron chi connectivity index (χ4n) is 2.59. The first-order chi connectivity index (χ1) is 10.2. The third-order valence-electron chi connectivity index (χ3n) is 3.30. The zero-order valence-electron chi connectivity index (χ0n) is 13.8. The van der Waals surface area contributed by atoms with E-state index in [2.05, 4.69) is 43.7 Å². The molecule has 0 unspecified atom stereocenters. The van der Waals surface area contributed by atoms with Crippen LogP contribution in [0.5, 0.6) is 0 Å². The van der Waals surface area contributed by atoms with Gasteiger partial charge in [-0.15, -0.1) is 0 Å². The highest BCUT2D eigenvalue weighted by atomic mass is 16.1. The van der Waals surface area contributed by atoms with E-state index in [0.29, 0.717) is 0 Å². The van der Waals surface area contributed by atoms with E-state index in [1.807, 2.05) is 25.1 Å². The standard InChI is InChI=1S/C19H24N2O/c1-13(11-19(3,4)5)9-14(2)21-17-8-6-7-15-12-20-18(22)10-16(15)17/h6-10,12,21H,1,11H2,2-5H3,(H,20,22)/b14-9+. The van der Waals surface area contributed by atoms with Crippen molar-refractivity contribution < 1.29 is 0 Å². The third kappa shape index (κ3) is 4.35. The number of hydrogen-bond acceptors (Lipinski definition) is 2. The Morgan fingerprint density at radius 3 is 2.77 bits per heavy atom. The van der Waals surface area contributed by atoms with E-state index in [1.54, 1.807) is 12.3 Å². The van der Waals surface area contributed by atoms with Gasteiger partial charge in [-0.2, -0.15) is 0 Å². The summed E-state index contributed by atoms with van der Waals surface area (Å²) in [6, 6.07) is 7.55. The minimum absolute atomic E-state index is 0.0967. The van der Waals surface area contributed by atoms with Crippen molar-refractivity contribution in [1.82, 2.24) is 4.98 Å². The summed E-state index contributed by atoms with van der Waals surface area (Å²) in [6.07, 6.45) is 4.75. The van der Waals surface area contributed by atoms with Crippen LogP contribution < -0.4 is 10.9 Å². The lowest BCUT2D eigenvalue weighted by atomic mass is 9.88. The van der Waals surface area contributed by atoms with Gasteiger partial charge in [-0.1, -0.05) is 45.1 Å². The number of benzene rings is 1. The molecule has 0 saturated carbocycles. The first kappa shape index (κ1) is 16.1. The van der Waals surface area contributed by atoms with Crippen molar-refractivity contribution in [3.05, 3.63) is 64.7 Å². The van der Waals surface area contributed by atoms with Gasteiger partial charge in [0.05, 0.1) is 0 Å². The quantitative estimate of drug-likeness (QED) is 0.793. The van der Waals surface area contributed by atoms with E-state index in [1.165, 1.54) is 0 Å². The Bertz CT molecular complexity index is 776. The van der Waals surface area contributed by atoms with Crippen LogP contribution in [0.3, 0.4) is 0 Å². The normalized spacial score (nSPS) is 12.5. The molecule has 1 heterocycles. The molecular formula is C19H24N2O. The SMILES string of the molecule is C=C(/C=C(\C)Nc1cccc2c[nH]c(=O)cc12)CC(C)(C)C. The number of aromatic nitrogens is 1. The summed E-state index contributed by atoms with van der Waals surface area (Å²) in [4.78, 5) is 14.2. The summed E-state index contributed by atoms with van der Waals surface area (Å²) in [5, 5.41) is 5.30. The smallest absolute Gasteiger partial charge is 0.248 e. The molecule has 0 radical (unpaired) electrons. The van der Waals surface area contributed by atoms with Crippen LogP contribution in [0.2, 0.25) is 0 Å².